The smallest absolute Gasteiger partial charge is 0.328 e. The van der Waals surface area contributed by atoms with E-state index in [1.54, 1.807) is 46.9 Å². The number of anilines is 1. The number of rotatable bonds is 7. The van der Waals surface area contributed by atoms with E-state index in [-0.39, 0.29) is 0 Å². The maximum atomic E-state index is 11.9. The fraction of sp³-hybridized carbons (Fsp3) is 0.562. The van der Waals surface area contributed by atoms with Crippen LogP contribution in [0.1, 0.15) is 27.7 Å². The number of esters is 1. The summed E-state index contributed by atoms with van der Waals surface area (Å²) in [5.41, 5.74) is -0.130. The number of carbonyl (C=O) groups is 2. The zero-order valence-electron chi connectivity index (χ0n) is 14.7. The summed E-state index contributed by atoms with van der Waals surface area (Å²) in [6.07, 6.45) is 1.46. The summed E-state index contributed by atoms with van der Waals surface area (Å²) in [4.78, 5) is 27.8. The molecule has 0 bridgehead atoms. The van der Waals surface area contributed by atoms with Crippen LogP contribution in [0.3, 0.4) is 0 Å². The second-order valence-corrected chi connectivity index (χ2v) is 6.08. The van der Waals surface area contributed by atoms with E-state index in [9.17, 15) is 9.59 Å². The number of hydrogen-bond donors (Lipinski definition) is 2. The molecular formula is C16H25N3O5. The standard InChI is InChI=1S/C16H25N3O5/c1-11(14(20)24-16(2,3)4)18-15(21)19-12-6-7-13(17-10-12)23-9-8-22-5/h6-7,10-11H,8-9H2,1-5H3,(H2,18,19,21)/t11-/m0/s1. The van der Waals surface area contributed by atoms with Gasteiger partial charge in [0.05, 0.1) is 18.5 Å². The summed E-state index contributed by atoms with van der Waals surface area (Å²) < 4.78 is 15.4. The van der Waals surface area contributed by atoms with Crippen LogP contribution < -0.4 is 15.4 Å². The Hall–Kier alpha value is -2.35. The molecule has 24 heavy (non-hydrogen) atoms. The average Bonchev–Trinajstić information content (AvgIpc) is 2.47. The second-order valence-electron chi connectivity index (χ2n) is 6.08. The lowest BCUT2D eigenvalue weighted by Crippen LogP contribution is -2.43. The van der Waals surface area contributed by atoms with E-state index in [4.69, 9.17) is 14.2 Å². The van der Waals surface area contributed by atoms with Crippen LogP contribution in [-0.4, -0.2) is 49.0 Å². The molecule has 0 unspecified atom stereocenters. The molecule has 8 heteroatoms. The summed E-state index contributed by atoms with van der Waals surface area (Å²) in [5, 5.41) is 5.09. The Balaban J connectivity index is 2.45. The zero-order chi connectivity index (χ0) is 18.2. The number of carbonyl (C=O) groups excluding carboxylic acids is 2. The molecule has 0 spiro atoms. The molecule has 0 aliphatic rings. The first-order valence-electron chi connectivity index (χ1n) is 7.59. The molecule has 8 nitrogen and oxygen atoms in total. The van der Waals surface area contributed by atoms with Crippen LogP contribution in [0.25, 0.3) is 0 Å². The summed E-state index contributed by atoms with van der Waals surface area (Å²) in [6, 6.07) is 1.98. The Labute approximate surface area is 141 Å². The van der Waals surface area contributed by atoms with Gasteiger partial charge in [0.2, 0.25) is 5.88 Å². The van der Waals surface area contributed by atoms with Crippen molar-refractivity contribution in [3.8, 4) is 5.88 Å². The van der Waals surface area contributed by atoms with Crippen LogP contribution in [0.5, 0.6) is 5.88 Å². The van der Waals surface area contributed by atoms with E-state index in [2.05, 4.69) is 15.6 Å². The molecule has 134 valence electrons. The van der Waals surface area contributed by atoms with Crippen molar-refractivity contribution in [2.75, 3.05) is 25.6 Å². The van der Waals surface area contributed by atoms with E-state index >= 15 is 0 Å². The van der Waals surface area contributed by atoms with Gasteiger partial charge in [0, 0.05) is 13.2 Å². The molecule has 1 atom stereocenters. The molecule has 0 saturated carbocycles. The first kappa shape index (κ1) is 19.7. The number of methoxy groups -OCH3 is 1. The van der Waals surface area contributed by atoms with Crippen molar-refractivity contribution in [2.24, 2.45) is 0 Å². The maximum absolute atomic E-state index is 11.9. The lowest BCUT2D eigenvalue weighted by atomic mass is 10.2. The highest BCUT2D eigenvalue weighted by Gasteiger charge is 2.22. The first-order valence-corrected chi connectivity index (χ1v) is 7.59. The monoisotopic (exact) mass is 339 g/mol. The van der Waals surface area contributed by atoms with E-state index in [0.717, 1.165) is 0 Å². The van der Waals surface area contributed by atoms with Crippen LogP contribution in [0.15, 0.2) is 18.3 Å². The van der Waals surface area contributed by atoms with Crippen molar-refractivity contribution in [1.29, 1.82) is 0 Å². The Morgan fingerprint density at radius 2 is 1.96 bits per heavy atom. The van der Waals surface area contributed by atoms with Crippen molar-refractivity contribution < 1.29 is 23.8 Å². The lowest BCUT2D eigenvalue weighted by Gasteiger charge is -2.22. The van der Waals surface area contributed by atoms with Gasteiger partial charge in [0.1, 0.15) is 18.2 Å². The minimum Gasteiger partial charge on any atom is -0.475 e. The number of urea groups is 1. The normalized spacial score (nSPS) is 12.2. The molecule has 1 aromatic rings. The number of ether oxygens (including phenoxy) is 3. The largest absolute Gasteiger partial charge is 0.475 e. The summed E-state index contributed by atoms with van der Waals surface area (Å²) in [5.74, 6) is -0.0715. The van der Waals surface area contributed by atoms with Gasteiger partial charge in [-0.05, 0) is 33.8 Å². The Morgan fingerprint density at radius 3 is 2.50 bits per heavy atom. The Bertz CT molecular complexity index is 540. The van der Waals surface area contributed by atoms with Crippen molar-refractivity contribution >= 4 is 17.7 Å². The number of amides is 2. The molecule has 2 amide bonds. The van der Waals surface area contributed by atoms with E-state index < -0.39 is 23.6 Å². The molecule has 0 radical (unpaired) electrons. The molecule has 1 rings (SSSR count). The topological polar surface area (TPSA) is 98.8 Å². The van der Waals surface area contributed by atoms with Crippen molar-refractivity contribution in [1.82, 2.24) is 10.3 Å². The molecule has 2 N–H and O–H groups in total. The quantitative estimate of drug-likeness (QED) is 0.582. The van der Waals surface area contributed by atoms with Gasteiger partial charge < -0.3 is 24.8 Å². The van der Waals surface area contributed by atoms with Gasteiger partial charge in [-0.3, -0.25) is 0 Å². The number of aromatic nitrogens is 1. The predicted octanol–water partition coefficient (Wildman–Crippen LogP) is 1.96. The Kier molecular flexibility index (Phi) is 7.44. The van der Waals surface area contributed by atoms with Crippen molar-refractivity contribution in [2.45, 2.75) is 39.3 Å². The van der Waals surface area contributed by atoms with E-state index in [1.165, 1.54) is 6.20 Å². The van der Waals surface area contributed by atoms with Crippen LogP contribution >= 0.6 is 0 Å². The van der Waals surface area contributed by atoms with Gasteiger partial charge in [-0.1, -0.05) is 0 Å². The van der Waals surface area contributed by atoms with Crippen LogP contribution in [0.2, 0.25) is 0 Å². The lowest BCUT2D eigenvalue weighted by molar-refractivity contribution is -0.156. The molecule has 0 aliphatic carbocycles. The number of pyridine rings is 1. The highest BCUT2D eigenvalue weighted by atomic mass is 16.6. The third kappa shape index (κ3) is 7.77. The minimum absolute atomic E-state index is 0.393. The van der Waals surface area contributed by atoms with Gasteiger partial charge in [-0.2, -0.15) is 0 Å². The Morgan fingerprint density at radius 1 is 1.25 bits per heavy atom. The maximum Gasteiger partial charge on any atom is 0.328 e. The molecule has 0 fully saturated rings. The van der Waals surface area contributed by atoms with Gasteiger partial charge in [-0.25, -0.2) is 14.6 Å². The molecule has 1 aromatic heterocycles. The third-order valence-corrected chi connectivity index (χ3v) is 2.64. The highest BCUT2D eigenvalue weighted by Crippen LogP contribution is 2.12. The number of nitrogens with one attached hydrogen (secondary N) is 2. The molecule has 1 heterocycles. The second kappa shape index (κ2) is 9.07. The van der Waals surface area contributed by atoms with Gasteiger partial charge >= 0.3 is 12.0 Å². The molecule has 0 aromatic carbocycles. The van der Waals surface area contributed by atoms with Gasteiger partial charge in [-0.15, -0.1) is 0 Å². The fourth-order valence-electron chi connectivity index (χ4n) is 1.58. The third-order valence-electron chi connectivity index (χ3n) is 2.64. The average molecular weight is 339 g/mol. The summed E-state index contributed by atoms with van der Waals surface area (Å²) in [7, 11) is 1.58. The van der Waals surface area contributed by atoms with Crippen molar-refractivity contribution in [3.63, 3.8) is 0 Å². The predicted molar refractivity (Wildman–Crippen MR) is 89.1 cm³/mol. The van der Waals surface area contributed by atoms with Gasteiger partial charge in [0.15, 0.2) is 0 Å². The zero-order valence-corrected chi connectivity index (χ0v) is 14.7. The van der Waals surface area contributed by atoms with Crippen molar-refractivity contribution in [3.05, 3.63) is 18.3 Å². The van der Waals surface area contributed by atoms with E-state index in [0.29, 0.717) is 24.8 Å². The van der Waals surface area contributed by atoms with Crippen LogP contribution in [-0.2, 0) is 14.3 Å². The highest BCUT2D eigenvalue weighted by molar-refractivity contribution is 5.92. The SMILES string of the molecule is COCCOc1ccc(NC(=O)N[C@@H](C)C(=O)OC(C)(C)C)cn1. The minimum atomic E-state index is -0.770. The van der Waals surface area contributed by atoms with E-state index in [1.807, 2.05) is 0 Å². The van der Waals surface area contributed by atoms with Gasteiger partial charge in [0.25, 0.3) is 0 Å². The molecule has 0 saturated heterocycles. The fourth-order valence-corrected chi connectivity index (χ4v) is 1.58. The molecule has 0 aliphatic heterocycles. The summed E-state index contributed by atoms with van der Waals surface area (Å²) >= 11 is 0. The first-order chi connectivity index (χ1) is 11.2. The molecular weight excluding hydrogens is 314 g/mol. The van der Waals surface area contributed by atoms with Crippen LogP contribution in [0, 0.1) is 0 Å². The van der Waals surface area contributed by atoms with Crippen LogP contribution in [0.4, 0.5) is 10.5 Å². The number of nitrogens with zero attached hydrogens (tertiary/aromatic N) is 1. The number of hydrogen-bond acceptors (Lipinski definition) is 6. The summed E-state index contributed by atoms with van der Waals surface area (Å²) in [6.45, 7) is 7.70.